The molecule has 0 amide bonds. The number of rotatable bonds is 9. The first-order valence-corrected chi connectivity index (χ1v) is 5.92. The molecule has 0 aliphatic heterocycles. The maximum Gasteiger partial charge on any atom is 0.213 e. The maximum atomic E-state index is 9.78. The summed E-state index contributed by atoms with van der Waals surface area (Å²) >= 11 is 0. The van der Waals surface area contributed by atoms with Gasteiger partial charge in [-0.25, -0.2) is 4.98 Å². The third kappa shape index (κ3) is 5.92. The Bertz CT molecular complexity index is 304. The zero-order valence-electron chi connectivity index (χ0n) is 10.3. The van der Waals surface area contributed by atoms with Gasteiger partial charge in [-0.15, -0.1) is 0 Å². The van der Waals surface area contributed by atoms with Gasteiger partial charge in [0.15, 0.2) is 0 Å². The number of hydrogen-bond acceptors (Lipinski definition) is 6. The minimum absolute atomic E-state index is 0.00613. The Labute approximate surface area is 106 Å². The van der Waals surface area contributed by atoms with Gasteiger partial charge in [-0.3, -0.25) is 4.90 Å². The number of hydrogen-bond donors (Lipinski definition) is 3. The first kappa shape index (κ1) is 14.8. The van der Waals surface area contributed by atoms with Crippen LogP contribution in [0.2, 0.25) is 0 Å². The Morgan fingerprint density at radius 3 is 2.50 bits per heavy atom. The topological polar surface area (TPSA) is 86.1 Å². The predicted octanol–water partition coefficient (Wildman–Crippen LogP) is -0.892. The van der Waals surface area contributed by atoms with Gasteiger partial charge in [0.2, 0.25) is 5.88 Å². The summed E-state index contributed by atoms with van der Waals surface area (Å²) in [6.45, 7) is 1.29. The molecule has 1 heterocycles. The molecule has 6 heteroatoms. The fourth-order valence-electron chi connectivity index (χ4n) is 1.54. The van der Waals surface area contributed by atoms with Gasteiger partial charge >= 0.3 is 0 Å². The highest BCUT2D eigenvalue weighted by atomic mass is 16.5. The second-order valence-corrected chi connectivity index (χ2v) is 3.88. The van der Waals surface area contributed by atoms with E-state index in [0.717, 1.165) is 0 Å². The van der Waals surface area contributed by atoms with Crippen molar-refractivity contribution in [1.82, 2.24) is 9.88 Å². The van der Waals surface area contributed by atoms with Gasteiger partial charge in [-0.1, -0.05) is 6.07 Å². The second kappa shape index (κ2) is 8.82. The average molecular weight is 256 g/mol. The van der Waals surface area contributed by atoms with Crippen LogP contribution >= 0.6 is 0 Å². The third-order valence-corrected chi connectivity index (χ3v) is 2.36. The minimum Gasteiger partial charge on any atom is -0.475 e. The smallest absolute Gasteiger partial charge is 0.213 e. The lowest BCUT2D eigenvalue weighted by molar-refractivity contribution is 0.0539. The molecule has 0 saturated carbocycles. The summed E-state index contributed by atoms with van der Waals surface area (Å²) in [4.78, 5) is 5.75. The van der Waals surface area contributed by atoms with Crippen molar-refractivity contribution in [3.8, 4) is 5.88 Å². The molecule has 0 aliphatic rings. The average Bonchev–Trinajstić information content (AvgIpc) is 2.38. The molecule has 1 aromatic heterocycles. The number of ether oxygens (including phenoxy) is 1. The van der Waals surface area contributed by atoms with E-state index in [-0.39, 0.29) is 19.8 Å². The summed E-state index contributed by atoms with van der Waals surface area (Å²) in [5.41, 5.74) is 0. The Morgan fingerprint density at radius 2 is 1.94 bits per heavy atom. The molecule has 6 nitrogen and oxygen atoms in total. The lowest BCUT2D eigenvalue weighted by atomic mass is 10.3. The van der Waals surface area contributed by atoms with E-state index in [4.69, 9.17) is 14.9 Å². The Morgan fingerprint density at radius 1 is 1.22 bits per heavy atom. The SMILES string of the molecule is OCCN(CCO)CC(O)COc1ccccn1. The van der Waals surface area contributed by atoms with Crippen molar-refractivity contribution in [2.24, 2.45) is 0 Å². The zero-order valence-corrected chi connectivity index (χ0v) is 10.3. The first-order chi connectivity index (χ1) is 8.76. The lowest BCUT2D eigenvalue weighted by Gasteiger charge is -2.23. The molecule has 0 saturated heterocycles. The molecule has 0 fully saturated rings. The summed E-state index contributed by atoms with van der Waals surface area (Å²) in [5, 5.41) is 27.5. The van der Waals surface area contributed by atoms with Crippen LogP contribution in [0.1, 0.15) is 0 Å². The fraction of sp³-hybridized carbons (Fsp3) is 0.583. The fourth-order valence-corrected chi connectivity index (χ4v) is 1.54. The van der Waals surface area contributed by atoms with Crippen LogP contribution in [0.25, 0.3) is 0 Å². The van der Waals surface area contributed by atoms with E-state index in [2.05, 4.69) is 4.98 Å². The van der Waals surface area contributed by atoms with Crippen LogP contribution in [0.5, 0.6) is 5.88 Å². The standard InChI is InChI=1S/C12H20N2O4/c15-7-5-14(6-8-16)9-11(17)10-18-12-3-1-2-4-13-12/h1-4,11,15-17H,5-10H2. The molecule has 0 spiro atoms. The van der Waals surface area contributed by atoms with E-state index in [1.807, 2.05) is 0 Å². The summed E-state index contributed by atoms with van der Waals surface area (Å²) in [5.74, 6) is 0.465. The highest BCUT2D eigenvalue weighted by Crippen LogP contribution is 2.04. The second-order valence-electron chi connectivity index (χ2n) is 3.88. The Hall–Kier alpha value is -1.21. The van der Waals surface area contributed by atoms with Gasteiger partial charge < -0.3 is 20.1 Å². The summed E-state index contributed by atoms with van der Waals surface area (Å²) in [6, 6.07) is 5.30. The molecular formula is C12H20N2O4. The largest absolute Gasteiger partial charge is 0.475 e. The molecule has 0 aromatic carbocycles. The lowest BCUT2D eigenvalue weighted by Crippen LogP contribution is -2.38. The zero-order chi connectivity index (χ0) is 13.2. The van der Waals surface area contributed by atoms with E-state index < -0.39 is 6.10 Å². The van der Waals surface area contributed by atoms with E-state index in [0.29, 0.717) is 25.5 Å². The minimum atomic E-state index is -0.690. The Balaban J connectivity index is 2.29. The number of aromatic nitrogens is 1. The highest BCUT2D eigenvalue weighted by molar-refractivity contribution is 5.09. The van der Waals surface area contributed by atoms with E-state index in [9.17, 15) is 5.11 Å². The monoisotopic (exact) mass is 256 g/mol. The van der Waals surface area contributed by atoms with Crippen LogP contribution in [0.4, 0.5) is 0 Å². The maximum absolute atomic E-state index is 9.78. The molecule has 18 heavy (non-hydrogen) atoms. The Kier molecular flexibility index (Phi) is 7.28. The molecule has 0 aliphatic carbocycles. The van der Waals surface area contributed by atoms with E-state index in [1.54, 1.807) is 29.3 Å². The molecule has 3 N–H and O–H groups in total. The molecule has 102 valence electrons. The van der Waals surface area contributed by atoms with Gasteiger partial charge in [0.25, 0.3) is 0 Å². The van der Waals surface area contributed by atoms with Crippen LogP contribution in [0.3, 0.4) is 0 Å². The van der Waals surface area contributed by atoms with Crippen molar-refractivity contribution >= 4 is 0 Å². The van der Waals surface area contributed by atoms with Crippen LogP contribution in [-0.2, 0) is 0 Å². The van der Waals surface area contributed by atoms with E-state index in [1.165, 1.54) is 0 Å². The molecule has 1 aromatic rings. The molecule has 0 radical (unpaired) electrons. The summed E-state index contributed by atoms with van der Waals surface area (Å²) < 4.78 is 5.31. The number of pyridine rings is 1. The molecule has 1 atom stereocenters. The van der Waals surface area contributed by atoms with Gasteiger partial charge in [0.05, 0.1) is 13.2 Å². The van der Waals surface area contributed by atoms with Crippen molar-refractivity contribution in [3.05, 3.63) is 24.4 Å². The van der Waals surface area contributed by atoms with Crippen molar-refractivity contribution in [3.63, 3.8) is 0 Å². The highest BCUT2D eigenvalue weighted by Gasteiger charge is 2.11. The number of aliphatic hydroxyl groups is 3. The normalized spacial score (nSPS) is 12.7. The first-order valence-electron chi connectivity index (χ1n) is 5.92. The van der Waals surface area contributed by atoms with Gasteiger partial charge in [0, 0.05) is 31.9 Å². The predicted molar refractivity (Wildman–Crippen MR) is 66.4 cm³/mol. The van der Waals surface area contributed by atoms with Crippen LogP contribution < -0.4 is 4.74 Å². The van der Waals surface area contributed by atoms with Gasteiger partial charge in [-0.2, -0.15) is 0 Å². The number of nitrogens with zero attached hydrogens (tertiary/aromatic N) is 2. The van der Waals surface area contributed by atoms with Crippen molar-refractivity contribution in [2.45, 2.75) is 6.10 Å². The number of aliphatic hydroxyl groups excluding tert-OH is 3. The van der Waals surface area contributed by atoms with Crippen molar-refractivity contribution < 1.29 is 20.1 Å². The summed E-state index contributed by atoms with van der Waals surface area (Å²) in [7, 11) is 0. The quantitative estimate of drug-likeness (QED) is 0.531. The third-order valence-electron chi connectivity index (χ3n) is 2.36. The van der Waals surface area contributed by atoms with Crippen LogP contribution in [-0.4, -0.2) is 70.8 Å². The molecule has 0 bridgehead atoms. The van der Waals surface area contributed by atoms with Gasteiger partial charge in [-0.05, 0) is 6.07 Å². The van der Waals surface area contributed by atoms with Crippen molar-refractivity contribution in [2.75, 3.05) is 39.5 Å². The molecule has 1 unspecified atom stereocenters. The van der Waals surface area contributed by atoms with Crippen LogP contribution in [0, 0.1) is 0 Å². The molecule has 1 rings (SSSR count). The van der Waals surface area contributed by atoms with E-state index >= 15 is 0 Å². The van der Waals surface area contributed by atoms with Crippen LogP contribution in [0.15, 0.2) is 24.4 Å². The molecular weight excluding hydrogens is 236 g/mol. The van der Waals surface area contributed by atoms with Crippen molar-refractivity contribution in [1.29, 1.82) is 0 Å². The summed E-state index contributed by atoms with van der Waals surface area (Å²) in [6.07, 6.45) is 0.927. The van der Waals surface area contributed by atoms with Gasteiger partial charge in [0.1, 0.15) is 12.7 Å².